The fourth-order valence-corrected chi connectivity index (χ4v) is 8.65. The van der Waals surface area contributed by atoms with Crippen molar-refractivity contribution < 1.29 is 45.7 Å². The first-order valence-electron chi connectivity index (χ1n) is 18.9. The third kappa shape index (κ3) is 10.7. The van der Waals surface area contributed by atoms with E-state index in [-0.39, 0.29) is 51.5 Å². The van der Waals surface area contributed by atoms with Gasteiger partial charge in [-0.3, -0.25) is 14.7 Å². The van der Waals surface area contributed by atoms with Gasteiger partial charge in [0.2, 0.25) is 10.0 Å². The third-order valence-corrected chi connectivity index (χ3v) is 12.5. The molecule has 4 aliphatic rings. The zero-order valence-corrected chi connectivity index (χ0v) is 33.5. The zero-order valence-electron chi connectivity index (χ0n) is 31.2. The van der Waals surface area contributed by atoms with Gasteiger partial charge >= 0.3 is 18.6 Å². The lowest BCUT2D eigenvalue weighted by Crippen LogP contribution is -2.52. The largest absolute Gasteiger partial charge is 0.489 e. The summed E-state index contributed by atoms with van der Waals surface area (Å²) in [6.07, 6.45) is 5.15. The van der Waals surface area contributed by atoms with Gasteiger partial charge in [0.25, 0.3) is 0 Å². The van der Waals surface area contributed by atoms with Gasteiger partial charge < -0.3 is 24.3 Å². The van der Waals surface area contributed by atoms with Crippen molar-refractivity contribution >= 4 is 50.9 Å². The first-order chi connectivity index (χ1) is 27.9. The van der Waals surface area contributed by atoms with Crippen LogP contribution in [0.2, 0.25) is 10.0 Å². The molecule has 3 aromatic carbocycles. The summed E-state index contributed by atoms with van der Waals surface area (Å²) >= 11 is 12.8. The van der Waals surface area contributed by atoms with Crippen molar-refractivity contribution in [2.75, 3.05) is 38.1 Å². The number of aromatic nitrogens is 1. The van der Waals surface area contributed by atoms with Crippen molar-refractivity contribution in [2.45, 2.75) is 61.9 Å². The number of carbonyl (C=O) groups excluding carboxylic acids is 2. The number of fused-ring (bicyclic) bond motifs is 3. The second-order valence-corrected chi connectivity index (χ2v) is 17.1. The number of rotatable bonds is 18. The first-order valence-corrected chi connectivity index (χ1v) is 21.2. The molecule has 12 nitrogen and oxygen atoms in total. The predicted octanol–water partition coefficient (Wildman–Crippen LogP) is 7.37. The number of sulfonamides is 1. The van der Waals surface area contributed by atoms with Crippen LogP contribution in [0, 0.1) is 11.8 Å². The Morgan fingerprint density at radius 3 is 2.31 bits per heavy atom. The number of piperidine rings is 3. The fourth-order valence-electron chi connectivity index (χ4n) is 7.11. The number of hydrogen-bond donors (Lipinski definition) is 2. The smallest absolute Gasteiger partial charge is 0.387 e. The number of nitrogens with zero attached hydrogens (tertiary/aromatic N) is 2. The van der Waals surface area contributed by atoms with Crippen LogP contribution >= 0.6 is 23.2 Å². The van der Waals surface area contributed by atoms with Crippen LogP contribution in [0.3, 0.4) is 0 Å². The molecule has 0 radical (unpaired) electrons. The second kappa shape index (κ2) is 18.6. The number of nitrogens with one attached hydrogen (secondary N) is 2. The molecule has 2 bridgehead atoms. The van der Waals surface area contributed by atoms with E-state index >= 15 is 0 Å². The van der Waals surface area contributed by atoms with E-state index in [2.05, 4.69) is 24.7 Å². The van der Waals surface area contributed by atoms with Crippen molar-refractivity contribution in [3.63, 3.8) is 0 Å². The Bertz CT molecular complexity index is 2170. The predicted molar refractivity (Wildman–Crippen MR) is 212 cm³/mol. The quantitative estimate of drug-likeness (QED) is 0.0968. The molecule has 4 aromatic rings. The van der Waals surface area contributed by atoms with Crippen LogP contribution in [0.1, 0.15) is 54.5 Å². The van der Waals surface area contributed by atoms with Crippen LogP contribution in [0.4, 0.5) is 14.5 Å². The molecule has 8 rings (SSSR count). The van der Waals surface area contributed by atoms with E-state index in [1.165, 1.54) is 48.8 Å². The van der Waals surface area contributed by atoms with Gasteiger partial charge in [0, 0.05) is 31.0 Å². The number of hydrogen-bond acceptors (Lipinski definition) is 11. The molecule has 17 heteroatoms. The van der Waals surface area contributed by atoms with Crippen LogP contribution in [0.15, 0.2) is 90.1 Å². The maximum absolute atomic E-state index is 13.7. The molecule has 4 heterocycles. The van der Waals surface area contributed by atoms with Gasteiger partial charge in [-0.05, 0) is 97.6 Å². The van der Waals surface area contributed by atoms with E-state index in [4.69, 9.17) is 37.4 Å². The minimum Gasteiger partial charge on any atom is -0.489 e. The molecule has 1 aliphatic carbocycles. The number of esters is 2. The summed E-state index contributed by atoms with van der Waals surface area (Å²) in [7, 11) is -4.30. The average Bonchev–Trinajstić information content (AvgIpc) is 4.05. The summed E-state index contributed by atoms with van der Waals surface area (Å²) < 4.78 is 78.3. The molecular weight excluding hydrogens is 817 g/mol. The molecule has 58 heavy (non-hydrogen) atoms. The Morgan fingerprint density at radius 1 is 0.897 bits per heavy atom. The van der Waals surface area contributed by atoms with Crippen LogP contribution in [0.5, 0.6) is 11.5 Å². The molecule has 308 valence electrons. The molecule has 3 saturated heterocycles. The molecule has 1 aromatic heterocycles. The number of alkyl halides is 2. The van der Waals surface area contributed by atoms with Crippen LogP contribution < -0.4 is 19.5 Å². The Labute approximate surface area is 345 Å². The molecule has 1 saturated carbocycles. The van der Waals surface area contributed by atoms with E-state index in [0.29, 0.717) is 34.8 Å². The number of halogens is 4. The topological polar surface area (TPSA) is 145 Å². The maximum Gasteiger partial charge on any atom is 0.387 e. The monoisotopic (exact) mass is 858 g/mol. The first kappa shape index (κ1) is 41.6. The molecular formula is C41H42Cl2F2N4O8S. The van der Waals surface area contributed by atoms with Crippen LogP contribution in [0.25, 0.3) is 0 Å². The molecule has 0 amide bonds. The van der Waals surface area contributed by atoms with Gasteiger partial charge in [0.05, 0.1) is 21.5 Å². The minimum atomic E-state index is -4.30. The van der Waals surface area contributed by atoms with E-state index in [9.17, 15) is 26.8 Å². The van der Waals surface area contributed by atoms with E-state index in [1.54, 1.807) is 30.3 Å². The summed E-state index contributed by atoms with van der Waals surface area (Å²) in [6.45, 7) is -0.927. The second-order valence-electron chi connectivity index (χ2n) is 14.6. The van der Waals surface area contributed by atoms with E-state index in [0.717, 1.165) is 38.8 Å². The number of benzene rings is 3. The van der Waals surface area contributed by atoms with Crippen molar-refractivity contribution in [1.29, 1.82) is 0 Å². The van der Waals surface area contributed by atoms with Gasteiger partial charge in [-0.15, -0.1) is 0 Å². The minimum absolute atomic E-state index is 0.0219. The number of ether oxygens (including phenoxy) is 4. The molecule has 1 unspecified atom stereocenters. The van der Waals surface area contributed by atoms with Gasteiger partial charge in [-0.25, -0.2) is 13.2 Å². The fraction of sp³-hybridized carbons (Fsp3) is 0.390. The summed E-state index contributed by atoms with van der Waals surface area (Å²) in [5.74, 6) is -1.02. The Kier molecular flexibility index (Phi) is 13.3. The number of carbonyl (C=O) groups is 2. The number of anilines is 1. The van der Waals surface area contributed by atoms with Gasteiger partial charge in [0.1, 0.15) is 18.8 Å². The van der Waals surface area contributed by atoms with Gasteiger partial charge in [-0.1, -0.05) is 65.7 Å². The normalized spacial score (nSPS) is 19.9. The average molecular weight is 860 g/mol. The van der Waals surface area contributed by atoms with Gasteiger partial charge in [-0.2, -0.15) is 13.5 Å². The third-order valence-electron chi connectivity index (χ3n) is 10.4. The van der Waals surface area contributed by atoms with Crippen molar-refractivity contribution in [2.24, 2.45) is 11.8 Å². The van der Waals surface area contributed by atoms with Crippen LogP contribution in [-0.2, 0) is 35.5 Å². The highest BCUT2D eigenvalue weighted by molar-refractivity contribution is 7.89. The van der Waals surface area contributed by atoms with Gasteiger partial charge in [0.15, 0.2) is 17.5 Å². The lowest BCUT2D eigenvalue weighted by molar-refractivity contribution is -0.160. The van der Waals surface area contributed by atoms with E-state index in [1.807, 2.05) is 6.07 Å². The number of pyridine rings is 1. The highest BCUT2D eigenvalue weighted by Crippen LogP contribution is 2.38. The maximum atomic E-state index is 13.7. The van der Waals surface area contributed by atoms with E-state index < -0.39 is 47.3 Å². The lowest BCUT2D eigenvalue weighted by atomic mass is 9.86. The molecule has 0 spiro atoms. The van der Waals surface area contributed by atoms with Crippen LogP contribution in [-0.4, -0.2) is 75.7 Å². The molecule has 2 N–H and O–H groups in total. The summed E-state index contributed by atoms with van der Waals surface area (Å²) in [4.78, 5) is 33.2. The Hall–Kier alpha value is -4.54. The summed E-state index contributed by atoms with van der Waals surface area (Å²) in [5.41, 5.74) is 1.68. The molecule has 4 fully saturated rings. The molecule has 3 atom stereocenters. The highest BCUT2D eigenvalue weighted by Gasteiger charge is 2.38. The molecule has 3 aliphatic heterocycles. The summed E-state index contributed by atoms with van der Waals surface area (Å²) in [6, 6.07) is 18.1. The summed E-state index contributed by atoms with van der Waals surface area (Å²) in [5, 5.41) is 3.54. The zero-order chi connectivity index (χ0) is 40.8. The SMILES string of the molecule is O=C(CNS(=O)(=O)c1cccc(NC(C(=O)O[C@H]2CN3CCC2CC3)c2ccccc2)c1)O[C@@H](Cc1c(Cl)cncc1Cl)c1ccc(OC(F)F)c(OCC2CC2)c1. The van der Waals surface area contributed by atoms with Crippen molar-refractivity contribution in [3.8, 4) is 11.5 Å². The Balaban J connectivity index is 1.06. The Morgan fingerprint density at radius 2 is 1.64 bits per heavy atom. The van der Waals surface area contributed by atoms with Crippen molar-refractivity contribution in [3.05, 3.63) is 112 Å². The lowest BCUT2D eigenvalue weighted by Gasteiger charge is -2.44. The highest BCUT2D eigenvalue weighted by atomic mass is 35.5. The standard InChI is InChI=1S/C41H42Cl2F2N4O8S/c42-32-20-46-21-33(43)31(32)19-35(28-11-12-34(57-41(44)45)36(17-28)54-24-25-9-10-25)55-38(50)22-47-58(52,53)30-8-4-7-29(18-30)48-39(27-5-2-1-3-6-27)40(51)56-37-23-49-15-13-26(37)14-16-49/h1-8,11-12,17-18,20-21,25-26,35,37,39,41,47-48H,9-10,13-16,19,22-24H2/t35-,37-,39?/m0/s1. The van der Waals surface area contributed by atoms with Crippen molar-refractivity contribution in [1.82, 2.24) is 14.6 Å².